The molecule has 5 atom stereocenters. The average Bonchev–Trinajstić information content (AvgIpc) is 2.58. The van der Waals surface area contributed by atoms with Crippen molar-refractivity contribution < 1.29 is 24.1 Å². The van der Waals surface area contributed by atoms with Crippen LogP contribution < -0.4 is 0 Å². The maximum Gasteiger partial charge on any atom is 0.190 e. The molecule has 5 heteroatoms. The summed E-state index contributed by atoms with van der Waals surface area (Å²) in [5.41, 5.74) is 0. The Morgan fingerprint density at radius 3 is 2.81 bits per heavy atom. The zero-order chi connectivity index (χ0) is 11.3. The van der Waals surface area contributed by atoms with Gasteiger partial charge in [-0.25, -0.2) is 0 Å². The summed E-state index contributed by atoms with van der Waals surface area (Å²) in [4.78, 5) is 0. The maximum atomic E-state index is 9.84. The van der Waals surface area contributed by atoms with E-state index < -0.39 is 24.3 Å². The van der Waals surface area contributed by atoms with Gasteiger partial charge in [0.25, 0.3) is 0 Å². The molecular weight excluding hydrogens is 212 g/mol. The van der Waals surface area contributed by atoms with Crippen molar-refractivity contribution >= 4 is 0 Å². The van der Waals surface area contributed by atoms with Gasteiger partial charge in [0, 0.05) is 0 Å². The van der Waals surface area contributed by atoms with Gasteiger partial charge in [-0.3, -0.25) is 0 Å². The lowest BCUT2D eigenvalue weighted by Crippen LogP contribution is -2.41. The number of hydrogen-bond donors (Lipinski definition) is 1. The van der Waals surface area contributed by atoms with Crippen LogP contribution in [0.15, 0.2) is 12.2 Å². The first-order valence-electron chi connectivity index (χ1n) is 5.54. The Labute approximate surface area is 93.9 Å². The van der Waals surface area contributed by atoms with E-state index in [0.717, 1.165) is 0 Å². The third-order valence-corrected chi connectivity index (χ3v) is 3.08. The second-order valence-electron chi connectivity index (χ2n) is 4.79. The maximum absolute atomic E-state index is 9.84. The van der Waals surface area contributed by atoms with E-state index in [2.05, 4.69) is 0 Å². The lowest BCUT2D eigenvalue weighted by molar-refractivity contribution is -0.224. The van der Waals surface area contributed by atoms with Crippen LogP contribution in [0.3, 0.4) is 0 Å². The third kappa shape index (κ3) is 1.59. The Hall–Kier alpha value is -0.460. The number of hydrogen-bond acceptors (Lipinski definition) is 5. The van der Waals surface area contributed by atoms with Crippen molar-refractivity contribution in [2.75, 3.05) is 6.61 Å². The van der Waals surface area contributed by atoms with Crippen molar-refractivity contribution in [3.8, 4) is 0 Å². The molecule has 0 aliphatic carbocycles. The minimum absolute atomic E-state index is 0.255. The Morgan fingerprint density at radius 2 is 2.00 bits per heavy atom. The highest BCUT2D eigenvalue weighted by molar-refractivity contribution is 5.05. The van der Waals surface area contributed by atoms with E-state index in [1.54, 1.807) is 12.2 Å². The summed E-state index contributed by atoms with van der Waals surface area (Å²) in [7, 11) is 0. The van der Waals surface area contributed by atoms with Gasteiger partial charge in [-0.1, -0.05) is 12.2 Å². The van der Waals surface area contributed by atoms with Crippen molar-refractivity contribution in [2.45, 2.75) is 50.3 Å². The first-order valence-corrected chi connectivity index (χ1v) is 5.54. The SMILES string of the molecule is CC1(C)O[C@H]2O[C@H]3[C@H](OCC=C[C@@H]3O)[C@H]2O1. The van der Waals surface area contributed by atoms with Crippen molar-refractivity contribution in [2.24, 2.45) is 0 Å². The van der Waals surface area contributed by atoms with Gasteiger partial charge in [0.1, 0.15) is 24.4 Å². The molecule has 90 valence electrons. The van der Waals surface area contributed by atoms with Gasteiger partial charge < -0.3 is 24.1 Å². The van der Waals surface area contributed by atoms with Gasteiger partial charge in [0.15, 0.2) is 12.1 Å². The number of fused-ring (bicyclic) bond motifs is 3. The summed E-state index contributed by atoms with van der Waals surface area (Å²) >= 11 is 0. The minimum Gasteiger partial charge on any atom is -0.386 e. The third-order valence-electron chi connectivity index (χ3n) is 3.08. The van der Waals surface area contributed by atoms with Crippen LogP contribution in [0.2, 0.25) is 0 Å². The Bertz CT molecular complexity index is 313. The summed E-state index contributed by atoms with van der Waals surface area (Å²) in [6.45, 7) is 4.15. The lowest BCUT2D eigenvalue weighted by Gasteiger charge is -2.25. The van der Waals surface area contributed by atoms with Crippen LogP contribution in [0.4, 0.5) is 0 Å². The van der Waals surface area contributed by atoms with Gasteiger partial charge in [-0.15, -0.1) is 0 Å². The molecule has 5 nitrogen and oxygen atoms in total. The molecule has 0 spiro atoms. The molecule has 3 aliphatic heterocycles. The second kappa shape index (κ2) is 3.51. The lowest BCUT2D eigenvalue weighted by atomic mass is 10.1. The Balaban J connectivity index is 1.81. The molecule has 1 N–H and O–H groups in total. The number of ether oxygens (including phenoxy) is 4. The van der Waals surface area contributed by atoms with Crippen molar-refractivity contribution in [1.29, 1.82) is 0 Å². The summed E-state index contributed by atoms with van der Waals surface area (Å²) in [5, 5.41) is 9.84. The van der Waals surface area contributed by atoms with Crippen molar-refractivity contribution in [3.05, 3.63) is 12.2 Å². The monoisotopic (exact) mass is 228 g/mol. The predicted molar refractivity (Wildman–Crippen MR) is 53.6 cm³/mol. The van der Waals surface area contributed by atoms with Crippen LogP contribution in [0.25, 0.3) is 0 Å². The van der Waals surface area contributed by atoms with Crippen LogP contribution >= 0.6 is 0 Å². The van der Waals surface area contributed by atoms with Gasteiger partial charge in [0.2, 0.25) is 0 Å². The second-order valence-corrected chi connectivity index (χ2v) is 4.79. The van der Waals surface area contributed by atoms with E-state index in [9.17, 15) is 5.11 Å². The zero-order valence-electron chi connectivity index (χ0n) is 9.33. The summed E-state index contributed by atoms with van der Waals surface area (Å²) in [5.74, 6) is -0.644. The fourth-order valence-corrected chi connectivity index (χ4v) is 2.44. The molecule has 0 amide bonds. The van der Waals surface area contributed by atoms with Crippen LogP contribution in [-0.2, 0) is 18.9 Å². The molecule has 0 bridgehead atoms. The van der Waals surface area contributed by atoms with Gasteiger partial charge in [-0.05, 0) is 13.8 Å². The summed E-state index contributed by atoms with van der Waals surface area (Å²) in [6.07, 6.45) is 1.47. The smallest absolute Gasteiger partial charge is 0.190 e. The highest BCUT2D eigenvalue weighted by atomic mass is 16.8. The topological polar surface area (TPSA) is 57.2 Å². The van der Waals surface area contributed by atoms with E-state index in [4.69, 9.17) is 18.9 Å². The van der Waals surface area contributed by atoms with Gasteiger partial charge in [0.05, 0.1) is 6.61 Å². The molecule has 0 saturated carbocycles. The standard InChI is InChI=1S/C11H16O5/c1-11(2)15-9-8-7(14-10(9)16-11)6(12)4-3-5-13-8/h3-4,6-10,12H,5H2,1-2H3/t6-,7+,8-,9+,10+/m0/s1. The first-order chi connectivity index (χ1) is 7.57. The molecule has 3 rings (SSSR count). The molecule has 0 aromatic heterocycles. The molecule has 0 aromatic rings. The van der Waals surface area contributed by atoms with Crippen LogP contribution in [0, 0.1) is 0 Å². The van der Waals surface area contributed by atoms with Gasteiger partial charge >= 0.3 is 0 Å². The molecule has 0 radical (unpaired) electrons. The molecule has 0 unspecified atom stereocenters. The highest BCUT2D eigenvalue weighted by Crippen LogP contribution is 2.40. The molecule has 3 heterocycles. The fraction of sp³-hybridized carbons (Fsp3) is 0.818. The van der Waals surface area contributed by atoms with Crippen LogP contribution in [0.5, 0.6) is 0 Å². The normalized spacial score (nSPS) is 49.8. The van der Waals surface area contributed by atoms with Crippen molar-refractivity contribution in [1.82, 2.24) is 0 Å². The predicted octanol–water partition coefficient (Wildman–Crippen LogP) is 0.179. The zero-order valence-corrected chi connectivity index (χ0v) is 9.33. The highest BCUT2D eigenvalue weighted by Gasteiger charge is 2.56. The number of rotatable bonds is 0. The van der Waals surface area contributed by atoms with Crippen LogP contribution in [0.1, 0.15) is 13.8 Å². The van der Waals surface area contributed by atoms with E-state index >= 15 is 0 Å². The largest absolute Gasteiger partial charge is 0.386 e. The molecule has 2 saturated heterocycles. The molecule has 3 aliphatic rings. The quantitative estimate of drug-likeness (QED) is 0.599. The fourth-order valence-electron chi connectivity index (χ4n) is 2.44. The minimum atomic E-state index is -0.659. The summed E-state index contributed by atoms with van der Waals surface area (Å²) < 4.78 is 22.6. The summed E-state index contributed by atoms with van der Waals surface area (Å²) in [6, 6.07) is 0. The van der Waals surface area contributed by atoms with Crippen molar-refractivity contribution in [3.63, 3.8) is 0 Å². The van der Waals surface area contributed by atoms with Gasteiger partial charge in [-0.2, -0.15) is 0 Å². The first kappa shape index (κ1) is 10.7. The van der Waals surface area contributed by atoms with E-state index in [0.29, 0.717) is 6.61 Å². The Morgan fingerprint density at radius 1 is 1.19 bits per heavy atom. The molecule has 2 fully saturated rings. The number of aliphatic hydroxyl groups is 1. The van der Waals surface area contributed by atoms with E-state index in [-0.39, 0.29) is 12.2 Å². The average molecular weight is 228 g/mol. The van der Waals surface area contributed by atoms with Crippen LogP contribution in [-0.4, -0.2) is 48.2 Å². The van der Waals surface area contributed by atoms with E-state index in [1.807, 2.05) is 13.8 Å². The molecule has 16 heavy (non-hydrogen) atoms. The molecule has 0 aromatic carbocycles. The number of aliphatic hydroxyl groups excluding tert-OH is 1. The Kier molecular flexibility index (Phi) is 2.35. The van der Waals surface area contributed by atoms with E-state index in [1.165, 1.54) is 0 Å². The molecular formula is C11H16O5.